The number of piperazine rings is 1. The van der Waals surface area contributed by atoms with E-state index in [1.54, 1.807) is 13.2 Å². The van der Waals surface area contributed by atoms with Crippen LogP contribution in [0.5, 0.6) is 11.5 Å². The highest BCUT2D eigenvalue weighted by Crippen LogP contribution is 2.29. The lowest BCUT2D eigenvalue weighted by molar-refractivity contribution is -0.118. The fourth-order valence-corrected chi connectivity index (χ4v) is 3.54. The first-order chi connectivity index (χ1) is 14.1. The first-order valence-electron chi connectivity index (χ1n) is 9.78. The minimum atomic E-state index is -0.230. The molecule has 154 valence electrons. The van der Waals surface area contributed by atoms with Crippen molar-refractivity contribution in [1.82, 2.24) is 9.80 Å². The number of rotatable bonds is 7. The van der Waals surface area contributed by atoms with Gasteiger partial charge in [-0.25, -0.2) is 0 Å². The monoisotopic (exact) mass is 413 g/mol. The van der Waals surface area contributed by atoms with Gasteiger partial charge in [-0.1, -0.05) is 37.3 Å². The molecule has 7 heteroatoms. The molecule has 0 radical (unpaired) electrons. The fourth-order valence-electron chi connectivity index (χ4n) is 3.23. The van der Waals surface area contributed by atoms with E-state index < -0.39 is 0 Å². The largest absolute Gasteiger partial charge is 0.493 e. The normalized spacial score (nSPS) is 14.3. The standard InChI is InChI=1S/C22H27N3O3S/c1-3-24-11-13-25(14-12-24)22(29)17-9-10-19(20(15-17)27-2)28-16-21(26)23-18-7-5-4-6-8-18/h4-10,15H,3,11-14,16H2,1-2H3,(H,23,26). The molecule has 1 aliphatic rings. The zero-order chi connectivity index (χ0) is 20.6. The molecule has 6 nitrogen and oxygen atoms in total. The highest BCUT2D eigenvalue weighted by molar-refractivity contribution is 7.80. The van der Waals surface area contributed by atoms with Crippen molar-refractivity contribution in [2.24, 2.45) is 0 Å². The summed E-state index contributed by atoms with van der Waals surface area (Å²) in [5.74, 6) is 0.842. The summed E-state index contributed by atoms with van der Waals surface area (Å²) in [6.45, 7) is 7.03. The van der Waals surface area contributed by atoms with Crippen molar-refractivity contribution < 1.29 is 14.3 Å². The topological polar surface area (TPSA) is 54.0 Å². The predicted octanol–water partition coefficient (Wildman–Crippen LogP) is 3.03. The van der Waals surface area contributed by atoms with Crippen molar-refractivity contribution in [3.05, 3.63) is 54.1 Å². The van der Waals surface area contributed by atoms with E-state index in [2.05, 4.69) is 22.0 Å². The third-order valence-corrected chi connectivity index (χ3v) is 5.43. The van der Waals surface area contributed by atoms with Gasteiger partial charge in [0, 0.05) is 37.4 Å². The first kappa shape index (κ1) is 21.1. The smallest absolute Gasteiger partial charge is 0.262 e. The van der Waals surface area contributed by atoms with Crippen LogP contribution in [-0.4, -0.2) is 67.1 Å². The maximum Gasteiger partial charge on any atom is 0.262 e. The molecule has 0 atom stereocenters. The Morgan fingerprint density at radius 1 is 1.07 bits per heavy atom. The van der Waals surface area contributed by atoms with Gasteiger partial charge in [0.15, 0.2) is 18.1 Å². The Kier molecular flexibility index (Phi) is 7.43. The van der Waals surface area contributed by atoms with Gasteiger partial charge in [0.25, 0.3) is 5.91 Å². The van der Waals surface area contributed by atoms with Crippen LogP contribution in [0.1, 0.15) is 12.5 Å². The van der Waals surface area contributed by atoms with Gasteiger partial charge >= 0.3 is 0 Å². The second-order valence-electron chi connectivity index (χ2n) is 6.79. The summed E-state index contributed by atoms with van der Waals surface area (Å²) in [4.78, 5) is 17.6. The number of para-hydroxylation sites is 1. The van der Waals surface area contributed by atoms with Gasteiger partial charge in [0.05, 0.1) is 7.11 Å². The third-order valence-electron chi connectivity index (χ3n) is 4.93. The summed E-state index contributed by atoms with van der Waals surface area (Å²) in [6.07, 6.45) is 0. The summed E-state index contributed by atoms with van der Waals surface area (Å²) in [5, 5.41) is 2.79. The van der Waals surface area contributed by atoms with Crippen LogP contribution in [0.4, 0.5) is 5.69 Å². The van der Waals surface area contributed by atoms with E-state index in [-0.39, 0.29) is 12.5 Å². The van der Waals surface area contributed by atoms with Crippen LogP contribution in [0.25, 0.3) is 0 Å². The van der Waals surface area contributed by atoms with E-state index >= 15 is 0 Å². The van der Waals surface area contributed by atoms with Crippen molar-refractivity contribution in [3.8, 4) is 11.5 Å². The Bertz CT molecular complexity index is 836. The van der Waals surface area contributed by atoms with Crippen molar-refractivity contribution in [2.75, 3.05) is 51.8 Å². The van der Waals surface area contributed by atoms with Crippen LogP contribution >= 0.6 is 12.2 Å². The quantitative estimate of drug-likeness (QED) is 0.705. The van der Waals surface area contributed by atoms with Crippen LogP contribution < -0.4 is 14.8 Å². The van der Waals surface area contributed by atoms with Gasteiger partial charge in [-0.2, -0.15) is 0 Å². The van der Waals surface area contributed by atoms with Gasteiger partial charge in [0.2, 0.25) is 0 Å². The molecule has 2 aromatic rings. The fraction of sp³-hybridized carbons (Fsp3) is 0.364. The van der Waals surface area contributed by atoms with Crippen molar-refractivity contribution >= 4 is 28.8 Å². The molecule has 0 bridgehead atoms. The van der Waals surface area contributed by atoms with Crippen LogP contribution in [0.15, 0.2) is 48.5 Å². The average Bonchev–Trinajstić information content (AvgIpc) is 2.77. The second-order valence-corrected chi connectivity index (χ2v) is 7.18. The molecule has 1 saturated heterocycles. The zero-order valence-corrected chi connectivity index (χ0v) is 17.7. The van der Waals surface area contributed by atoms with Gasteiger partial charge < -0.3 is 24.6 Å². The third kappa shape index (κ3) is 5.68. The number of carbonyl (C=O) groups excluding carboxylic acids is 1. The summed E-state index contributed by atoms with van der Waals surface area (Å²) < 4.78 is 11.1. The van der Waals surface area contributed by atoms with Crippen LogP contribution in [0, 0.1) is 0 Å². The molecular formula is C22H27N3O3S. The second kappa shape index (κ2) is 10.2. The number of methoxy groups -OCH3 is 1. The molecule has 0 unspecified atom stereocenters. The van der Waals surface area contributed by atoms with Gasteiger partial charge in [-0.3, -0.25) is 4.79 Å². The summed E-state index contributed by atoms with van der Waals surface area (Å²) >= 11 is 5.69. The maximum atomic E-state index is 12.1. The number of benzene rings is 2. The molecule has 29 heavy (non-hydrogen) atoms. The SMILES string of the molecule is CCN1CCN(C(=S)c2ccc(OCC(=O)Nc3ccccc3)c(OC)c2)CC1. The average molecular weight is 414 g/mol. The molecule has 1 N–H and O–H groups in total. The van der Waals surface area contributed by atoms with E-state index in [1.807, 2.05) is 42.5 Å². The van der Waals surface area contributed by atoms with E-state index in [9.17, 15) is 4.79 Å². The predicted molar refractivity (Wildman–Crippen MR) is 119 cm³/mol. The molecule has 0 aliphatic carbocycles. The lowest BCUT2D eigenvalue weighted by atomic mass is 10.1. The molecule has 3 rings (SSSR count). The number of nitrogens with one attached hydrogen (secondary N) is 1. The number of hydrogen-bond acceptors (Lipinski definition) is 5. The lowest BCUT2D eigenvalue weighted by Crippen LogP contribution is -2.48. The Morgan fingerprint density at radius 3 is 2.45 bits per heavy atom. The minimum absolute atomic E-state index is 0.103. The maximum absolute atomic E-state index is 12.1. The van der Waals surface area contributed by atoms with E-state index in [4.69, 9.17) is 21.7 Å². The molecule has 0 aromatic heterocycles. The zero-order valence-electron chi connectivity index (χ0n) is 16.9. The van der Waals surface area contributed by atoms with Crippen molar-refractivity contribution in [2.45, 2.75) is 6.92 Å². The number of nitrogens with zero attached hydrogens (tertiary/aromatic N) is 2. The number of anilines is 1. The molecule has 0 spiro atoms. The Morgan fingerprint density at radius 2 is 1.79 bits per heavy atom. The van der Waals surface area contributed by atoms with Gasteiger partial charge in [0.1, 0.15) is 4.99 Å². The Hall–Kier alpha value is -2.64. The Balaban J connectivity index is 1.59. The van der Waals surface area contributed by atoms with Crippen LogP contribution in [0.3, 0.4) is 0 Å². The van der Waals surface area contributed by atoms with Gasteiger partial charge in [-0.15, -0.1) is 0 Å². The number of amides is 1. The molecule has 1 heterocycles. The first-order valence-corrected chi connectivity index (χ1v) is 10.2. The highest BCUT2D eigenvalue weighted by atomic mass is 32.1. The van der Waals surface area contributed by atoms with Crippen molar-refractivity contribution in [1.29, 1.82) is 0 Å². The number of ether oxygens (including phenoxy) is 2. The van der Waals surface area contributed by atoms with E-state index in [0.29, 0.717) is 11.5 Å². The highest BCUT2D eigenvalue weighted by Gasteiger charge is 2.20. The molecular weight excluding hydrogens is 386 g/mol. The van der Waals surface area contributed by atoms with Crippen molar-refractivity contribution in [3.63, 3.8) is 0 Å². The number of hydrogen-bond donors (Lipinski definition) is 1. The van der Waals surface area contributed by atoms with Crippen LogP contribution in [0.2, 0.25) is 0 Å². The summed E-state index contributed by atoms with van der Waals surface area (Å²) in [7, 11) is 1.58. The minimum Gasteiger partial charge on any atom is -0.493 e. The molecule has 0 saturated carbocycles. The molecule has 1 aliphatic heterocycles. The van der Waals surface area contributed by atoms with E-state index in [0.717, 1.165) is 49.0 Å². The molecule has 1 amide bonds. The lowest BCUT2D eigenvalue weighted by Gasteiger charge is -2.35. The van der Waals surface area contributed by atoms with Crippen LogP contribution in [-0.2, 0) is 4.79 Å². The number of thiocarbonyl (C=S) groups is 1. The number of carbonyl (C=O) groups is 1. The van der Waals surface area contributed by atoms with E-state index in [1.165, 1.54) is 0 Å². The number of likely N-dealkylation sites (N-methyl/N-ethyl adjacent to an activating group) is 1. The summed E-state index contributed by atoms with van der Waals surface area (Å²) in [6, 6.07) is 14.9. The summed E-state index contributed by atoms with van der Waals surface area (Å²) in [5.41, 5.74) is 1.65. The molecule has 1 fully saturated rings. The van der Waals surface area contributed by atoms with Gasteiger partial charge in [-0.05, 0) is 36.9 Å². The Labute approximate surface area is 177 Å². The molecule has 2 aromatic carbocycles.